The van der Waals surface area contributed by atoms with Gasteiger partial charge in [-0.25, -0.2) is 0 Å². The van der Waals surface area contributed by atoms with Crippen molar-refractivity contribution in [3.63, 3.8) is 0 Å². The summed E-state index contributed by atoms with van der Waals surface area (Å²) in [6.07, 6.45) is 0.650. The largest absolute Gasteiger partial charge is 0.390 e. The monoisotopic (exact) mass is 251 g/mol. The van der Waals surface area contributed by atoms with E-state index in [1.807, 2.05) is 13.8 Å². The molecule has 1 N–H and O–H groups in total. The van der Waals surface area contributed by atoms with E-state index < -0.39 is 5.60 Å². The number of aromatic nitrogens is 2. The summed E-state index contributed by atoms with van der Waals surface area (Å²) >= 11 is 1.47. The Balaban J connectivity index is 2.79. The molecular weight excluding hydrogens is 234 g/mol. The first-order chi connectivity index (χ1) is 7.85. The zero-order valence-corrected chi connectivity index (χ0v) is 11.4. The Morgan fingerprint density at radius 2 is 2.00 bits per heavy atom. The fraction of sp³-hybridized carbons (Fsp3) is 0.583. The van der Waals surface area contributed by atoms with Gasteiger partial charge in [0.1, 0.15) is 11.1 Å². The summed E-state index contributed by atoms with van der Waals surface area (Å²) in [5, 5.41) is 27.4. The average Bonchev–Trinajstić information content (AvgIpc) is 2.22. The van der Waals surface area contributed by atoms with Gasteiger partial charge in [-0.15, -0.1) is 16.9 Å². The first-order valence-corrected chi connectivity index (χ1v) is 6.43. The first-order valence-electron chi connectivity index (χ1n) is 5.44. The molecule has 0 unspecified atom stereocenters. The smallest absolute Gasteiger partial charge is 0.137 e. The number of aryl methyl sites for hydroxylation is 1. The number of hydrogen-bond acceptors (Lipinski definition) is 5. The quantitative estimate of drug-likeness (QED) is 0.831. The Morgan fingerprint density at radius 3 is 2.53 bits per heavy atom. The summed E-state index contributed by atoms with van der Waals surface area (Å²) in [4.78, 5) is 0. The second kappa shape index (κ2) is 5.48. The van der Waals surface area contributed by atoms with Crippen molar-refractivity contribution in [2.45, 2.75) is 44.7 Å². The van der Waals surface area contributed by atoms with E-state index in [9.17, 15) is 5.11 Å². The third kappa shape index (κ3) is 3.99. The Labute approximate surface area is 106 Å². The van der Waals surface area contributed by atoms with Crippen LogP contribution in [0.25, 0.3) is 0 Å². The van der Waals surface area contributed by atoms with Crippen LogP contribution in [-0.2, 0) is 0 Å². The van der Waals surface area contributed by atoms with Crippen molar-refractivity contribution in [3.05, 3.63) is 16.8 Å². The summed E-state index contributed by atoms with van der Waals surface area (Å²) in [5.74, 6) is 0.718. The molecule has 0 aromatic carbocycles. The lowest BCUT2D eigenvalue weighted by molar-refractivity contribution is 0.0777. The number of nitrogens with zero attached hydrogens (tertiary/aromatic N) is 3. The zero-order chi connectivity index (χ0) is 13.1. The van der Waals surface area contributed by atoms with E-state index in [0.29, 0.717) is 17.0 Å². The maximum atomic E-state index is 9.61. The Bertz CT molecular complexity index is 446. The van der Waals surface area contributed by atoms with E-state index >= 15 is 0 Å². The molecule has 0 aliphatic rings. The molecule has 1 aromatic heterocycles. The van der Waals surface area contributed by atoms with Gasteiger partial charge in [-0.2, -0.15) is 10.4 Å². The molecule has 1 aromatic rings. The molecule has 0 spiro atoms. The van der Waals surface area contributed by atoms with E-state index in [1.165, 1.54) is 11.8 Å². The Morgan fingerprint density at radius 1 is 1.35 bits per heavy atom. The summed E-state index contributed by atoms with van der Waals surface area (Å²) in [5.41, 5.74) is 1.58. The molecule has 0 atom stereocenters. The van der Waals surface area contributed by atoms with Gasteiger partial charge < -0.3 is 5.11 Å². The van der Waals surface area contributed by atoms with E-state index in [-0.39, 0.29) is 0 Å². The van der Waals surface area contributed by atoms with Crippen LogP contribution in [0.5, 0.6) is 0 Å². The van der Waals surface area contributed by atoms with Crippen molar-refractivity contribution < 1.29 is 5.11 Å². The Kier molecular flexibility index (Phi) is 4.49. The number of thioether (sulfide) groups is 1. The first kappa shape index (κ1) is 13.9. The normalized spacial score (nSPS) is 11.3. The van der Waals surface area contributed by atoms with Crippen LogP contribution >= 0.6 is 11.8 Å². The lowest BCUT2D eigenvalue weighted by Crippen LogP contribution is -2.19. The summed E-state index contributed by atoms with van der Waals surface area (Å²) in [7, 11) is 0. The van der Waals surface area contributed by atoms with Crippen molar-refractivity contribution in [1.82, 2.24) is 10.2 Å². The van der Waals surface area contributed by atoms with Crippen LogP contribution < -0.4 is 0 Å². The predicted octanol–water partition coefficient (Wildman–Crippen LogP) is 2.22. The topological polar surface area (TPSA) is 69.8 Å². The third-order valence-electron chi connectivity index (χ3n) is 2.49. The Hall–Kier alpha value is -1.12. The number of nitriles is 1. The van der Waals surface area contributed by atoms with Crippen molar-refractivity contribution in [2.24, 2.45) is 0 Å². The van der Waals surface area contributed by atoms with Crippen LogP contribution in [0.4, 0.5) is 0 Å². The molecular formula is C12H17N3OS. The highest BCUT2D eigenvalue weighted by Crippen LogP contribution is 2.25. The van der Waals surface area contributed by atoms with Crippen molar-refractivity contribution >= 4 is 11.8 Å². The van der Waals surface area contributed by atoms with E-state index in [2.05, 4.69) is 16.3 Å². The summed E-state index contributed by atoms with van der Waals surface area (Å²) in [6.45, 7) is 7.26. The van der Waals surface area contributed by atoms with Gasteiger partial charge in [0.15, 0.2) is 0 Å². The zero-order valence-electron chi connectivity index (χ0n) is 10.6. The molecule has 0 aliphatic heterocycles. The van der Waals surface area contributed by atoms with Crippen molar-refractivity contribution in [1.29, 1.82) is 5.26 Å². The van der Waals surface area contributed by atoms with Gasteiger partial charge in [0.2, 0.25) is 0 Å². The van der Waals surface area contributed by atoms with Gasteiger partial charge in [0.05, 0.1) is 16.9 Å². The van der Waals surface area contributed by atoms with Gasteiger partial charge in [-0.05, 0) is 39.7 Å². The standard InChI is InChI=1S/C12H17N3OS/c1-8-9(2)14-15-11(10(8)7-13)17-6-5-12(3,4)16/h16H,5-6H2,1-4H3. The average molecular weight is 251 g/mol. The third-order valence-corrected chi connectivity index (χ3v) is 3.45. The van der Waals surface area contributed by atoms with Crippen molar-refractivity contribution in [2.75, 3.05) is 5.75 Å². The molecule has 92 valence electrons. The summed E-state index contributed by atoms with van der Waals surface area (Å²) in [6, 6.07) is 2.17. The van der Waals surface area contributed by atoms with Gasteiger partial charge in [-0.1, -0.05) is 0 Å². The second-order valence-electron chi connectivity index (χ2n) is 4.61. The van der Waals surface area contributed by atoms with Crippen LogP contribution in [0.2, 0.25) is 0 Å². The molecule has 0 aliphatic carbocycles. The van der Waals surface area contributed by atoms with E-state index in [1.54, 1.807) is 13.8 Å². The van der Waals surface area contributed by atoms with Gasteiger partial charge in [0.25, 0.3) is 0 Å². The molecule has 0 saturated heterocycles. The lowest BCUT2D eigenvalue weighted by atomic mass is 10.1. The molecule has 0 amide bonds. The van der Waals surface area contributed by atoms with Crippen LogP contribution in [0.3, 0.4) is 0 Å². The highest BCUT2D eigenvalue weighted by Gasteiger charge is 2.15. The molecule has 0 bridgehead atoms. The minimum absolute atomic E-state index is 0.596. The maximum absolute atomic E-state index is 9.61. The van der Waals surface area contributed by atoms with E-state index in [4.69, 9.17) is 5.26 Å². The summed E-state index contributed by atoms with van der Waals surface area (Å²) < 4.78 is 0. The molecule has 1 heterocycles. The molecule has 0 radical (unpaired) electrons. The highest BCUT2D eigenvalue weighted by molar-refractivity contribution is 7.99. The molecule has 0 saturated carbocycles. The fourth-order valence-electron chi connectivity index (χ4n) is 1.22. The molecule has 5 heteroatoms. The van der Waals surface area contributed by atoms with Gasteiger partial charge in [-0.3, -0.25) is 0 Å². The second-order valence-corrected chi connectivity index (χ2v) is 5.70. The SMILES string of the molecule is Cc1nnc(SCCC(C)(C)O)c(C#N)c1C. The number of hydrogen-bond donors (Lipinski definition) is 1. The minimum atomic E-state index is -0.688. The van der Waals surface area contributed by atoms with E-state index in [0.717, 1.165) is 17.0 Å². The van der Waals surface area contributed by atoms with Crippen molar-refractivity contribution in [3.8, 4) is 6.07 Å². The van der Waals surface area contributed by atoms with Gasteiger partial charge >= 0.3 is 0 Å². The fourth-order valence-corrected chi connectivity index (χ4v) is 2.45. The lowest BCUT2D eigenvalue weighted by Gasteiger charge is -2.16. The number of aliphatic hydroxyl groups is 1. The number of rotatable bonds is 4. The highest BCUT2D eigenvalue weighted by atomic mass is 32.2. The molecule has 1 rings (SSSR count). The maximum Gasteiger partial charge on any atom is 0.137 e. The van der Waals surface area contributed by atoms with Crippen LogP contribution in [-0.4, -0.2) is 26.7 Å². The molecule has 4 nitrogen and oxygen atoms in total. The van der Waals surface area contributed by atoms with Crippen LogP contribution in [0, 0.1) is 25.2 Å². The predicted molar refractivity (Wildman–Crippen MR) is 67.9 cm³/mol. The minimum Gasteiger partial charge on any atom is -0.390 e. The molecule has 0 fully saturated rings. The van der Waals surface area contributed by atoms with Gasteiger partial charge in [0, 0.05) is 5.75 Å². The van der Waals surface area contributed by atoms with Crippen LogP contribution in [0.1, 0.15) is 37.1 Å². The molecule has 17 heavy (non-hydrogen) atoms. The van der Waals surface area contributed by atoms with Crippen LogP contribution in [0.15, 0.2) is 5.03 Å².